The molecule has 2 aromatic heterocycles. The number of ether oxygens (including phenoxy) is 1. The molecular formula is C12H10N2O3. The van der Waals surface area contributed by atoms with Crippen LogP contribution in [-0.2, 0) is 0 Å². The summed E-state index contributed by atoms with van der Waals surface area (Å²) in [5.74, 6) is -0.738. The number of pyridine rings is 2. The van der Waals surface area contributed by atoms with E-state index in [2.05, 4.69) is 9.97 Å². The molecular weight excluding hydrogens is 220 g/mol. The number of hydrogen-bond acceptors (Lipinski definition) is 4. The minimum atomic E-state index is -1.02. The molecule has 0 aliphatic rings. The second kappa shape index (κ2) is 4.61. The zero-order valence-electron chi connectivity index (χ0n) is 9.12. The van der Waals surface area contributed by atoms with Gasteiger partial charge >= 0.3 is 5.97 Å². The smallest absolute Gasteiger partial charge is 0.336 e. The minimum Gasteiger partial charge on any atom is -0.481 e. The van der Waals surface area contributed by atoms with E-state index in [-0.39, 0.29) is 11.4 Å². The van der Waals surface area contributed by atoms with Gasteiger partial charge in [0.2, 0.25) is 5.88 Å². The molecule has 86 valence electrons. The Morgan fingerprint density at radius 2 is 2.06 bits per heavy atom. The first kappa shape index (κ1) is 11.1. The maximum atomic E-state index is 11.2. The number of hydrogen-bond donors (Lipinski definition) is 1. The second-order valence-corrected chi connectivity index (χ2v) is 3.31. The number of carboxylic acids is 1. The summed E-state index contributed by atoms with van der Waals surface area (Å²) in [7, 11) is 1.44. The maximum Gasteiger partial charge on any atom is 0.336 e. The average Bonchev–Trinajstić information content (AvgIpc) is 2.39. The predicted octanol–water partition coefficient (Wildman–Crippen LogP) is 1.85. The monoisotopic (exact) mass is 230 g/mol. The van der Waals surface area contributed by atoms with Crippen molar-refractivity contribution in [2.45, 2.75) is 0 Å². The van der Waals surface area contributed by atoms with Crippen molar-refractivity contribution < 1.29 is 14.6 Å². The molecule has 0 aromatic carbocycles. The Morgan fingerprint density at radius 1 is 1.35 bits per heavy atom. The molecule has 17 heavy (non-hydrogen) atoms. The molecule has 0 fully saturated rings. The lowest BCUT2D eigenvalue weighted by molar-refractivity contribution is 0.0697. The van der Waals surface area contributed by atoms with Crippen molar-refractivity contribution in [3.05, 3.63) is 42.4 Å². The van der Waals surface area contributed by atoms with Gasteiger partial charge in [-0.25, -0.2) is 9.78 Å². The Hall–Kier alpha value is -2.43. The number of rotatable bonds is 3. The summed E-state index contributed by atoms with van der Waals surface area (Å²) >= 11 is 0. The molecule has 2 aromatic rings. The summed E-state index contributed by atoms with van der Waals surface area (Å²) in [5.41, 5.74) is 1.45. The van der Waals surface area contributed by atoms with Crippen LogP contribution in [0.3, 0.4) is 0 Å². The predicted molar refractivity (Wildman–Crippen MR) is 61.0 cm³/mol. The van der Waals surface area contributed by atoms with Gasteiger partial charge in [0, 0.05) is 30.2 Å². The van der Waals surface area contributed by atoms with Crippen molar-refractivity contribution in [1.29, 1.82) is 0 Å². The Kier molecular flexibility index (Phi) is 3.00. The molecule has 0 atom stereocenters. The van der Waals surface area contributed by atoms with Crippen LogP contribution in [0.1, 0.15) is 10.4 Å². The molecule has 0 aliphatic heterocycles. The summed E-state index contributed by atoms with van der Waals surface area (Å²) < 4.78 is 4.91. The fourth-order valence-corrected chi connectivity index (χ4v) is 1.49. The molecule has 0 aliphatic carbocycles. The van der Waals surface area contributed by atoms with Crippen LogP contribution in [0.5, 0.6) is 5.88 Å². The van der Waals surface area contributed by atoms with Crippen LogP contribution in [0, 0.1) is 0 Å². The van der Waals surface area contributed by atoms with Gasteiger partial charge in [-0.15, -0.1) is 0 Å². The van der Waals surface area contributed by atoms with Crippen LogP contribution in [-0.4, -0.2) is 28.2 Å². The second-order valence-electron chi connectivity index (χ2n) is 3.31. The number of carboxylic acid groups (broad SMARTS) is 1. The van der Waals surface area contributed by atoms with E-state index in [4.69, 9.17) is 9.84 Å². The summed E-state index contributed by atoms with van der Waals surface area (Å²) in [6, 6.07) is 4.87. The van der Waals surface area contributed by atoms with Gasteiger partial charge in [0.15, 0.2) is 0 Å². The van der Waals surface area contributed by atoms with Crippen molar-refractivity contribution in [2.75, 3.05) is 7.11 Å². The summed E-state index contributed by atoms with van der Waals surface area (Å²) in [6.07, 6.45) is 4.69. The first-order valence-corrected chi connectivity index (χ1v) is 4.90. The molecule has 0 spiro atoms. The Balaban J connectivity index is 2.58. The van der Waals surface area contributed by atoms with Gasteiger partial charge in [-0.2, -0.15) is 0 Å². The van der Waals surface area contributed by atoms with Gasteiger partial charge in [-0.3, -0.25) is 4.98 Å². The number of carbonyl (C=O) groups is 1. The van der Waals surface area contributed by atoms with Crippen LogP contribution in [0.25, 0.3) is 11.1 Å². The molecule has 2 heterocycles. The lowest BCUT2D eigenvalue weighted by atomic mass is 10.0. The highest BCUT2D eigenvalue weighted by Crippen LogP contribution is 2.24. The Bertz CT molecular complexity index is 541. The van der Waals surface area contributed by atoms with E-state index < -0.39 is 5.97 Å². The average molecular weight is 230 g/mol. The number of methoxy groups -OCH3 is 1. The van der Waals surface area contributed by atoms with Gasteiger partial charge in [0.25, 0.3) is 0 Å². The topological polar surface area (TPSA) is 72.3 Å². The highest BCUT2D eigenvalue weighted by molar-refractivity contribution is 5.96. The van der Waals surface area contributed by atoms with E-state index in [0.29, 0.717) is 5.56 Å². The third kappa shape index (κ3) is 2.23. The van der Waals surface area contributed by atoms with Gasteiger partial charge < -0.3 is 9.84 Å². The summed E-state index contributed by atoms with van der Waals surface area (Å²) in [5, 5.41) is 9.15. The number of nitrogens with zero attached hydrogens (tertiary/aromatic N) is 2. The lowest BCUT2D eigenvalue weighted by Crippen LogP contribution is -2.02. The number of aromatic nitrogens is 2. The van der Waals surface area contributed by atoms with Gasteiger partial charge in [-0.05, 0) is 17.7 Å². The Labute approximate surface area is 97.7 Å². The van der Waals surface area contributed by atoms with Gasteiger partial charge in [0.05, 0.1) is 12.7 Å². The first-order chi connectivity index (χ1) is 8.22. The van der Waals surface area contributed by atoms with Crippen LogP contribution in [0.15, 0.2) is 36.8 Å². The minimum absolute atomic E-state index is 0.156. The van der Waals surface area contributed by atoms with Gasteiger partial charge in [-0.1, -0.05) is 0 Å². The van der Waals surface area contributed by atoms with Crippen molar-refractivity contribution in [3.63, 3.8) is 0 Å². The van der Waals surface area contributed by atoms with Crippen LogP contribution in [0.2, 0.25) is 0 Å². The molecule has 5 nitrogen and oxygen atoms in total. The molecule has 1 N–H and O–H groups in total. The zero-order chi connectivity index (χ0) is 12.3. The fraction of sp³-hybridized carbons (Fsp3) is 0.0833. The summed E-state index contributed by atoms with van der Waals surface area (Å²) in [4.78, 5) is 19.1. The van der Waals surface area contributed by atoms with Crippen molar-refractivity contribution in [3.8, 4) is 17.0 Å². The zero-order valence-corrected chi connectivity index (χ0v) is 9.12. The molecule has 0 amide bonds. The highest BCUT2D eigenvalue weighted by Gasteiger charge is 2.13. The first-order valence-electron chi connectivity index (χ1n) is 4.90. The van der Waals surface area contributed by atoms with E-state index in [1.165, 1.54) is 19.4 Å². The maximum absolute atomic E-state index is 11.2. The molecule has 0 unspecified atom stereocenters. The molecule has 0 saturated carbocycles. The largest absolute Gasteiger partial charge is 0.481 e. The molecule has 2 rings (SSSR count). The molecule has 0 bridgehead atoms. The summed E-state index contributed by atoms with van der Waals surface area (Å²) in [6.45, 7) is 0. The van der Waals surface area contributed by atoms with Crippen LogP contribution < -0.4 is 4.74 Å². The Morgan fingerprint density at radius 3 is 2.65 bits per heavy atom. The van der Waals surface area contributed by atoms with Crippen molar-refractivity contribution in [1.82, 2.24) is 9.97 Å². The van der Waals surface area contributed by atoms with E-state index in [1.807, 2.05) is 0 Å². The van der Waals surface area contributed by atoms with E-state index >= 15 is 0 Å². The fourth-order valence-electron chi connectivity index (χ4n) is 1.49. The van der Waals surface area contributed by atoms with E-state index in [0.717, 1.165) is 5.56 Å². The van der Waals surface area contributed by atoms with Crippen LogP contribution >= 0.6 is 0 Å². The normalized spacial score (nSPS) is 9.94. The highest BCUT2D eigenvalue weighted by atomic mass is 16.5. The SMILES string of the molecule is COc1cc(C(=O)O)c(-c2ccncc2)cn1. The van der Waals surface area contributed by atoms with Crippen molar-refractivity contribution >= 4 is 5.97 Å². The standard InChI is InChI=1S/C12H10N2O3/c1-17-11-6-9(12(15)16)10(7-14-11)8-2-4-13-5-3-8/h2-7H,1H3,(H,15,16). The molecule has 0 radical (unpaired) electrons. The van der Waals surface area contributed by atoms with Crippen LogP contribution in [0.4, 0.5) is 0 Å². The third-order valence-corrected chi connectivity index (χ3v) is 2.31. The van der Waals surface area contributed by atoms with E-state index in [9.17, 15) is 4.79 Å². The molecule has 0 saturated heterocycles. The third-order valence-electron chi connectivity index (χ3n) is 2.31. The quantitative estimate of drug-likeness (QED) is 0.871. The van der Waals surface area contributed by atoms with E-state index in [1.54, 1.807) is 24.5 Å². The van der Waals surface area contributed by atoms with Gasteiger partial charge in [0.1, 0.15) is 0 Å². The number of aromatic carboxylic acids is 1. The van der Waals surface area contributed by atoms with Crippen molar-refractivity contribution in [2.24, 2.45) is 0 Å². The lowest BCUT2D eigenvalue weighted by Gasteiger charge is -2.07. The molecule has 5 heteroatoms.